The Kier molecular flexibility index (Phi) is 10.00. The summed E-state index contributed by atoms with van der Waals surface area (Å²) in [5.74, 6) is 0. The highest BCUT2D eigenvalue weighted by Crippen LogP contribution is 2.42. The molecule has 8 N–H and O–H groups in total. The van der Waals surface area contributed by atoms with Crippen LogP contribution >= 0.6 is 0 Å². The molecule has 0 saturated heterocycles. The van der Waals surface area contributed by atoms with Gasteiger partial charge < -0.3 is 41.3 Å². The zero-order chi connectivity index (χ0) is 20.7. The van der Waals surface area contributed by atoms with Crippen molar-refractivity contribution in [3.05, 3.63) is 0 Å². The molecule has 0 rings (SSSR count). The Balaban J connectivity index is 4.83. The maximum absolute atomic E-state index is 11.0. The van der Waals surface area contributed by atoms with Gasteiger partial charge in [0.15, 0.2) is 0 Å². The lowest BCUT2D eigenvalue weighted by Crippen LogP contribution is -2.53. The van der Waals surface area contributed by atoms with E-state index in [9.17, 15) is 25.2 Å². The maximum atomic E-state index is 11.0. The Labute approximate surface area is 155 Å². The lowest BCUT2D eigenvalue weighted by molar-refractivity contribution is -0.0570. The average molecular weight is 380 g/mol. The first kappa shape index (κ1) is 25.0. The van der Waals surface area contributed by atoms with Crippen LogP contribution in [0.5, 0.6) is 0 Å². The zero-order valence-corrected chi connectivity index (χ0v) is 16.3. The van der Waals surface area contributed by atoms with Crippen LogP contribution < -0.4 is 10.6 Å². The minimum Gasteiger partial charge on any atom is -0.465 e. The van der Waals surface area contributed by atoms with Crippen molar-refractivity contribution in [1.82, 2.24) is 10.6 Å². The van der Waals surface area contributed by atoms with Crippen LogP contribution in [-0.4, -0.2) is 86.9 Å². The molecular weight excluding hydrogens is 344 g/mol. The van der Waals surface area contributed by atoms with Crippen LogP contribution in [0.4, 0.5) is 4.79 Å². The summed E-state index contributed by atoms with van der Waals surface area (Å²) in [5, 5.41) is 62.5. The van der Waals surface area contributed by atoms with Crippen molar-refractivity contribution in [3.8, 4) is 0 Å². The summed E-state index contributed by atoms with van der Waals surface area (Å²) in [7, 11) is 0. The van der Waals surface area contributed by atoms with E-state index in [-0.39, 0.29) is 24.9 Å². The second-order valence-electron chi connectivity index (χ2n) is 8.32. The SMILES string of the molecule is CC(C)(C)C(C)(C)C(O)CC(O)C(CNCC(O)C(O)CO)NC(=O)O. The Morgan fingerprint density at radius 2 is 1.46 bits per heavy atom. The lowest BCUT2D eigenvalue weighted by atomic mass is 9.65. The highest BCUT2D eigenvalue weighted by atomic mass is 16.4. The van der Waals surface area contributed by atoms with Crippen molar-refractivity contribution in [3.63, 3.8) is 0 Å². The third kappa shape index (κ3) is 7.73. The van der Waals surface area contributed by atoms with E-state index in [2.05, 4.69) is 10.6 Å². The molecule has 1 amide bonds. The van der Waals surface area contributed by atoms with E-state index < -0.39 is 48.6 Å². The number of aliphatic hydroxyl groups is 5. The van der Waals surface area contributed by atoms with Gasteiger partial charge in [0.1, 0.15) is 6.10 Å². The molecule has 0 aliphatic heterocycles. The molecule has 5 unspecified atom stereocenters. The Bertz CT molecular complexity index is 426. The first-order valence-electron chi connectivity index (χ1n) is 8.77. The molecular formula is C17H36N2O7. The standard InChI is InChI=1S/C17H36N2O7/c1-16(2,3)17(4,5)14(24)6-11(21)10(19-15(25)26)7-18-8-12(22)13(23)9-20/h10-14,18-24H,6-9H2,1-5H3,(H,25,26). The number of amides is 1. The molecule has 0 saturated carbocycles. The smallest absolute Gasteiger partial charge is 0.405 e. The third-order valence-electron chi connectivity index (χ3n) is 5.35. The number of rotatable bonds is 11. The van der Waals surface area contributed by atoms with E-state index >= 15 is 0 Å². The van der Waals surface area contributed by atoms with Crippen molar-refractivity contribution >= 4 is 6.09 Å². The molecule has 9 heteroatoms. The predicted octanol–water partition coefficient (Wildman–Crippen LogP) is -0.889. The summed E-state index contributed by atoms with van der Waals surface area (Å²) in [6.45, 7) is 8.98. The number of nitrogens with one attached hydrogen (secondary N) is 2. The molecule has 0 aromatic rings. The molecule has 5 atom stereocenters. The van der Waals surface area contributed by atoms with Crippen molar-refractivity contribution in [1.29, 1.82) is 0 Å². The number of hydrogen-bond acceptors (Lipinski definition) is 7. The average Bonchev–Trinajstić information content (AvgIpc) is 2.51. The summed E-state index contributed by atoms with van der Waals surface area (Å²) in [4.78, 5) is 11.0. The van der Waals surface area contributed by atoms with Gasteiger partial charge in [-0.3, -0.25) is 0 Å². The fourth-order valence-corrected chi connectivity index (χ4v) is 2.27. The highest BCUT2D eigenvalue weighted by Gasteiger charge is 2.40. The third-order valence-corrected chi connectivity index (χ3v) is 5.35. The van der Waals surface area contributed by atoms with Crippen LogP contribution in [0.15, 0.2) is 0 Å². The normalized spacial score (nSPS) is 18.7. The molecule has 0 bridgehead atoms. The van der Waals surface area contributed by atoms with Crippen molar-refractivity contribution < 1.29 is 35.4 Å². The quantitative estimate of drug-likeness (QED) is 0.229. The van der Waals surface area contributed by atoms with E-state index in [1.54, 1.807) is 0 Å². The number of carboxylic acid groups (broad SMARTS) is 1. The topological polar surface area (TPSA) is 163 Å². The van der Waals surface area contributed by atoms with Gasteiger partial charge in [-0.2, -0.15) is 0 Å². The second-order valence-corrected chi connectivity index (χ2v) is 8.32. The van der Waals surface area contributed by atoms with E-state index in [1.165, 1.54) is 0 Å². The van der Waals surface area contributed by atoms with Crippen molar-refractivity contribution in [2.75, 3.05) is 19.7 Å². The van der Waals surface area contributed by atoms with Gasteiger partial charge in [-0.1, -0.05) is 34.6 Å². The summed E-state index contributed by atoms with van der Waals surface area (Å²) < 4.78 is 0. The highest BCUT2D eigenvalue weighted by molar-refractivity contribution is 5.65. The molecule has 0 heterocycles. The van der Waals surface area contributed by atoms with Crippen LogP contribution in [0.25, 0.3) is 0 Å². The van der Waals surface area contributed by atoms with E-state index in [0.29, 0.717) is 0 Å². The van der Waals surface area contributed by atoms with Crippen LogP contribution in [0, 0.1) is 10.8 Å². The zero-order valence-electron chi connectivity index (χ0n) is 16.3. The van der Waals surface area contributed by atoms with Gasteiger partial charge >= 0.3 is 6.09 Å². The molecule has 0 aliphatic carbocycles. The maximum Gasteiger partial charge on any atom is 0.405 e. The molecule has 9 nitrogen and oxygen atoms in total. The van der Waals surface area contributed by atoms with Crippen LogP contribution in [0.1, 0.15) is 41.0 Å². The van der Waals surface area contributed by atoms with Gasteiger partial charge in [-0.05, 0) is 10.8 Å². The fraction of sp³-hybridized carbons (Fsp3) is 0.941. The minimum atomic E-state index is -1.32. The molecule has 0 aromatic carbocycles. The molecule has 0 aliphatic rings. The van der Waals surface area contributed by atoms with Gasteiger partial charge in [0.2, 0.25) is 0 Å². The monoisotopic (exact) mass is 380 g/mol. The lowest BCUT2D eigenvalue weighted by Gasteiger charge is -2.43. The van der Waals surface area contributed by atoms with Crippen LogP contribution in [-0.2, 0) is 0 Å². The van der Waals surface area contributed by atoms with Gasteiger partial charge in [-0.15, -0.1) is 0 Å². The Hall–Kier alpha value is -0.970. The van der Waals surface area contributed by atoms with Gasteiger partial charge in [-0.25, -0.2) is 4.79 Å². The molecule has 0 radical (unpaired) electrons. The fourth-order valence-electron chi connectivity index (χ4n) is 2.27. The molecule has 0 aromatic heterocycles. The van der Waals surface area contributed by atoms with Gasteiger partial charge in [0.05, 0.1) is 31.0 Å². The molecule has 0 fully saturated rings. The van der Waals surface area contributed by atoms with Crippen molar-refractivity contribution in [2.24, 2.45) is 10.8 Å². The number of hydrogen-bond donors (Lipinski definition) is 8. The summed E-state index contributed by atoms with van der Waals surface area (Å²) in [5.41, 5.74) is -0.749. The first-order chi connectivity index (χ1) is 11.7. The summed E-state index contributed by atoms with van der Waals surface area (Å²) >= 11 is 0. The van der Waals surface area contributed by atoms with Gasteiger partial charge in [0, 0.05) is 19.5 Å². The summed E-state index contributed by atoms with van der Waals surface area (Å²) in [6, 6.07) is -0.920. The molecule has 0 spiro atoms. The number of aliphatic hydroxyl groups excluding tert-OH is 5. The molecule has 156 valence electrons. The first-order valence-corrected chi connectivity index (χ1v) is 8.77. The van der Waals surface area contributed by atoms with Crippen LogP contribution in [0.3, 0.4) is 0 Å². The summed E-state index contributed by atoms with van der Waals surface area (Å²) in [6.07, 6.45) is -5.91. The second kappa shape index (κ2) is 10.4. The largest absolute Gasteiger partial charge is 0.465 e. The van der Waals surface area contributed by atoms with Crippen LogP contribution in [0.2, 0.25) is 0 Å². The van der Waals surface area contributed by atoms with E-state index in [4.69, 9.17) is 10.2 Å². The van der Waals surface area contributed by atoms with Gasteiger partial charge in [0.25, 0.3) is 0 Å². The van der Waals surface area contributed by atoms with E-state index in [0.717, 1.165) is 0 Å². The predicted molar refractivity (Wildman–Crippen MR) is 96.8 cm³/mol. The number of carbonyl (C=O) groups is 1. The minimum absolute atomic E-state index is 0.0225. The molecule has 26 heavy (non-hydrogen) atoms. The Morgan fingerprint density at radius 3 is 1.88 bits per heavy atom. The Morgan fingerprint density at radius 1 is 0.923 bits per heavy atom. The van der Waals surface area contributed by atoms with Crippen molar-refractivity contribution in [2.45, 2.75) is 71.5 Å². The van der Waals surface area contributed by atoms with E-state index in [1.807, 2.05) is 34.6 Å².